The molecule has 3 rings (SSSR count). The van der Waals surface area contributed by atoms with E-state index < -0.39 is 0 Å². The molecule has 3 aliphatic rings. The molecule has 0 aliphatic carbocycles. The maximum atomic E-state index is 12.5. The van der Waals surface area contributed by atoms with E-state index in [2.05, 4.69) is 19.6 Å². The monoisotopic (exact) mass is 364 g/mol. The highest BCUT2D eigenvalue weighted by atomic mass is 16.2. The molecule has 0 bridgehead atoms. The van der Waals surface area contributed by atoms with Crippen molar-refractivity contribution in [2.75, 3.05) is 65.4 Å². The van der Waals surface area contributed by atoms with E-state index in [1.54, 1.807) is 0 Å². The predicted molar refractivity (Wildman–Crippen MR) is 103 cm³/mol. The third-order valence-electron chi connectivity index (χ3n) is 6.10. The molecule has 3 aliphatic heterocycles. The van der Waals surface area contributed by atoms with Gasteiger partial charge in [0.2, 0.25) is 11.8 Å². The highest BCUT2D eigenvalue weighted by Crippen LogP contribution is 2.12. The molecule has 0 aromatic heterocycles. The molecule has 0 aromatic carbocycles. The van der Waals surface area contributed by atoms with Gasteiger partial charge in [-0.1, -0.05) is 25.7 Å². The second-order valence-corrected chi connectivity index (χ2v) is 8.14. The van der Waals surface area contributed by atoms with Gasteiger partial charge in [0.05, 0.1) is 13.1 Å². The van der Waals surface area contributed by atoms with E-state index in [9.17, 15) is 9.59 Å². The van der Waals surface area contributed by atoms with Crippen LogP contribution in [0.1, 0.15) is 51.4 Å². The van der Waals surface area contributed by atoms with Gasteiger partial charge in [0.1, 0.15) is 0 Å². The first kappa shape index (κ1) is 19.6. The number of nitrogens with zero attached hydrogens (tertiary/aromatic N) is 4. The van der Waals surface area contributed by atoms with Gasteiger partial charge < -0.3 is 9.80 Å². The lowest BCUT2D eigenvalue weighted by Gasteiger charge is -2.35. The van der Waals surface area contributed by atoms with Crippen molar-refractivity contribution in [1.29, 1.82) is 0 Å². The molecule has 0 N–H and O–H groups in total. The first-order chi connectivity index (χ1) is 12.7. The Kier molecular flexibility index (Phi) is 7.74. The molecule has 148 valence electrons. The number of likely N-dealkylation sites (tertiary alicyclic amines) is 2. The van der Waals surface area contributed by atoms with Gasteiger partial charge in [0.15, 0.2) is 0 Å². The van der Waals surface area contributed by atoms with Crippen LogP contribution in [0, 0.1) is 0 Å². The molecule has 6 nitrogen and oxygen atoms in total. The molecule has 0 saturated carbocycles. The minimum Gasteiger partial charge on any atom is -0.342 e. The summed E-state index contributed by atoms with van der Waals surface area (Å²) in [7, 11) is 0. The number of hydrogen-bond acceptors (Lipinski definition) is 4. The lowest BCUT2D eigenvalue weighted by Crippen LogP contribution is -2.52. The van der Waals surface area contributed by atoms with Crippen LogP contribution in [0.2, 0.25) is 0 Å². The standard InChI is InChI=1S/C20H36N4O2/c25-19(23-9-5-1-2-6-10-23)17-21-13-15-22(16-14-21)18-20(26)24-11-7-3-4-8-12-24/h1-18H2. The number of carbonyl (C=O) groups is 2. The molecular weight excluding hydrogens is 328 g/mol. The fourth-order valence-corrected chi connectivity index (χ4v) is 4.33. The summed E-state index contributed by atoms with van der Waals surface area (Å²) in [4.78, 5) is 33.7. The number of piperazine rings is 1. The van der Waals surface area contributed by atoms with Crippen LogP contribution in [-0.4, -0.2) is 96.9 Å². The minimum atomic E-state index is 0.293. The zero-order chi connectivity index (χ0) is 18.2. The summed E-state index contributed by atoms with van der Waals surface area (Å²) in [5.41, 5.74) is 0. The van der Waals surface area contributed by atoms with Crippen molar-refractivity contribution in [3.05, 3.63) is 0 Å². The van der Waals surface area contributed by atoms with Crippen LogP contribution >= 0.6 is 0 Å². The van der Waals surface area contributed by atoms with Gasteiger partial charge in [-0.05, 0) is 25.7 Å². The lowest BCUT2D eigenvalue weighted by atomic mass is 10.2. The van der Waals surface area contributed by atoms with E-state index in [4.69, 9.17) is 0 Å². The predicted octanol–water partition coefficient (Wildman–Crippen LogP) is 1.41. The van der Waals surface area contributed by atoms with E-state index in [1.807, 2.05) is 0 Å². The van der Waals surface area contributed by atoms with Crippen LogP contribution in [0.25, 0.3) is 0 Å². The zero-order valence-electron chi connectivity index (χ0n) is 16.3. The Balaban J connectivity index is 1.36. The summed E-state index contributed by atoms with van der Waals surface area (Å²) in [6, 6.07) is 0. The van der Waals surface area contributed by atoms with E-state index in [0.717, 1.165) is 78.0 Å². The number of carbonyl (C=O) groups excluding carboxylic acids is 2. The van der Waals surface area contributed by atoms with Gasteiger partial charge in [0, 0.05) is 52.4 Å². The third kappa shape index (κ3) is 5.95. The van der Waals surface area contributed by atoms with Crippen molar-refractivity contribution in [3.8, 4) is 0 Å². The van der Waals surface area contributed by atoms with Gasteiger partial charge in [-0.25, -0.2) is 0 Å². The Morgan fingerprint density at radius 1 is 0.462 bits per heavy atom. The normalized spacial score (nSPS) is 24.2. The SMILES string of the molecule is O=C(CN1CCN(CC(=O)N2CCCCCC2)CC1)N1CCCCCC1. The van der Waals surface area contributed by atoms with Crippen molar-refractivity contribution >= 4 is 11.8 Å². The number of amides is 2. The van der Waals surface area contributed by atoms with Crippen LogP contribution < -0.4 is 0 Å². The van der Waals surface area contributed by atoms with Gasteiger partial charge in [-0.15, -0.1) is 0 Å². The second kappa shape index (κ2) is 10.3. The minimum absolute atomic E-state index is 0.293. The maximum Gasteiger partial charge on any atom is 0.236 e. The first-order valence-electron chi connectivity index (χ1n) is 10.7. The van der Waals surface area contributed by atoms with Gasteiger partial charge in [0.25, 0.3) is 0 Å². The first-order valence-corrected chi connectivity index (χ1v) is 10.7. The molecule has 3 heterocycles. The number of hydrogen-bond donors (Lipinski definition) is 0. The van der Waals surface area contributed by atoms with E-state index >= 15 is 0 Å². The van der Waals surface area contributed by atoms with Crippen LogP contribution in [0.3, 0.4) is 0 Å². The van der Waals surface area contributed by atoms with Crippen LogP contribution in [0.4, 0.5) is 0 Å². The van der Waals surface area contributed by atoms with E-state index in [-0.39, 0.29) is 0 Å². The summed E-state index contributed by atoms with van der Waals surface area (Å²) in [6.07, 6.45) is 9.63. The fraction of sp³-hybridized carbons (Fsp3) is 0.900. The van der Waals surface area contributed by atoms with Crippen LogP contribution in [0.5, 0.6) is 0 Å². The Bertz CT molecular complexity index is 405. The van der Waals surface area contributed by atoms with Crippen molar-refractivity contribution in [2.24, 2.45) is 0 Å². The zero-order valence-corrected chi connectivity index (χ0v) is 16.3. The summed E-state index contributed by atoms with van der Waals surface area (Å²) in [5, 5.41) is 0. The van der Waals surface area contributed by atoms with Crippen molar-refractivity contribution < 1.29 is 9.59 Å². The smallest absolute Gasteiger partial charge is 0.236 e. The van der Waals surface area contributed by atoms with Gasteiger partial charge >= 0.3 is 0 Å². The quantitative estimate of drug-likeness (QED) is 0.757. The van der Waals surface area contributed by atoms with Crippen LogP contribution in [0.15, 0.2) is 0 Å². The molecule has 2 amide bonds. The lowest BCUT2D eigenvalue weighted by molar-refractivity contribution is -0.135. The average molecular weight is 365 g/mol. The van der Waals surface area contributed by atoms with Crippen molar-refractivity contribution in [2.45, 2.75) is 51.4 Å². The molecule has 3 saturated heterocycles. The Morgan fingerprint density at radius 2 is 0.769 bits per heavy atom. The largest absolute Gasteiger partial charge is 0.342 e. The Labute approximate surface area is 158 Å². The highest BCUT2D eigenvalue weighted by molar-refractivity contribution is 5.79. The molecule has 6 heteroatoms. The molecule has 26 heavy (non-hydrogen) atoms. The molecule has 0 spiro atoms. The average Bonchev–Trinajstić information content (AvgIpc) is 3.08. The molecular formula is C20H36N4O2. The maximum absolute atomic E-state index is 12.5. The van der Waals surface area contributed by atoms with E-state index in [0.29, 0.717) is 24.9 Å². The Hall–Kier alpha value is -1.14. The topological polar surface area (TPSA) is 47.1 Å². The van der Waals surface area contributed by atoms with E-state index in [1.165, 1.54) is 25.7 Å². The molecule has 0 radical (unpaired) electrons. The van der Waals surface area contributed by atoms with Gasteiger partial charge in [-0.3, -0.25) is 19.4 Å². The number of rotatable bonds is 4. The van der Waals surface area contributed by atoms with Crippen molar-refractivity contribution in [1.82, 2.24) is 19.6 Å². The summed E-state index contributed by atoms with van der Waals surface area (Å²) in [6.45, 7) is 8.42. The van der Waals surface area contributed by atoms with Gasteiger partial charge in [-0.2, -0.15) is 0 Å². The fourth-order valence-electron chi connectivity index (χ4n) is 4.33. The van der Waals surface area contributed by atoms with Crippen molar-refractivity contribution in [3.63, 3.8) is 0 Å². The summed E-state index contributed by atoms with van der Waals surface area (Å²) >= 11 is 0. The summed E-state index contributed by atoms with van der Waals surface area (Å²) < 4.78 is 0. The molecule has 0 unspecified atom stereocenters. The molecule has 3 fully saturated rings. The second-order valence-electron chi connectivity index (χ2n) is 8.14. The van der Waals surface area contributed by atoms with Crippen LogP contribution in [-0.2, 0) is 9.59 Å². The third-order valence-corrected chi connectivity index (χ3v) is 6.10. The molecule has 0 atom stereocenters. The Morgan fingerprint density at radius 3 is 1.08 bits per heavy atom. The highest BCUT2D eigenvalue weighted by Gasteiger charge is 2.24. The molecule has 0 aromatic rings. The summed E-state index contributed by atoms with van der Waals surface area (Å²) in [5.74, 6) is 0.585.